The molecule has 1 aliphatic heterocycles. The standard InChI is InChI=1S/C11H21N3O3/c1-9(15)2-3-10(16)13-8-11(17)14-6-4-12-5-7-14/h9,12,15H,2-8H2,1H3,(H,13,16). The molecule has 0 aromatic carbocycles. The lowest BCUT2D eigenvalue weighted by Crippen LogP contribution is -2.49. The SMILES string of the molecule is CC(O)CCC(=O)NCC(=O)N1CCNCC1. The molecule has 1 heterocycles. The molecule has 0 aliphatic carbocycles. The fourth-order valence-electron chi connectivity index (χ4n) is 1.63. The average molecular weight is 243 g/mol. The van der Waals surface area contributed by atoms with Crippen LogP contribution in [-0.4, -0.2) is 60.6 Å². The summed E-state index contributed by atoms with van der Waals surface area (Å²) in [6.07, 6.45) is 0.199. The lowest BCUT2D eigenvalue weighted by Gasteiger charge is -2.27. The van der Waals surface area contributed by atoms with Crippen molar-refractivity contribution in [2.24, 2.45) is 0 Å². The largest absolute Gasteiger partial charge is 0.393 e. The summed E-state index contributed by atoms with van der Waals surface area (Å²) >= 11 is 0. The van der Waals surface area contributed by atoms with Crippen LogP contribution in [0.2, 0.25) is 0 Å². The van der Waals surface area contributed by atoms with Crippen LogP contribution >= 0.6 is 0 Å². The quantitative estimate of drug-likeness (QED) is 0.560. The highest BCUT2D eigenvalue weighted by molar-refractivity contribution is 5.84. The van der Waals surface area contributed by atoms with E-state index in [9.17, 15) is 9.59 Å². The van der Waals surface area contributed by atoms with Crippen LogP contribution in [0.15, 0.2) is 0 Å². The first-order valence-corrected chi connectivity index (χ1v) is 6.03. The van der Waals surface area contributed by atoms with E-state index < -0.39 is 6.10 Å². The van der Waals surface area contributed by atoms with Crippen molar-refractivity contribution < 1.29 is 14.7 Å². The van der Waals surface area contributed by atoms with Crippen LogP contribution in [0.3, 0.4) is 0 Å². The molecule has 0 saturated carbocycles. The van der Waals surface area contributed by atoms with Gasteiger partial charge in [-0.2, -0.15) is 0 Å². The maximum atomic E-state index is 11.7. The van der Waals surface area contributed by atoms with E-state index in [-0.39, 0.29) is 24.8 Å². The molecule has 0 aromatic heterocycles. The predicted octanol–water partition coefficient (Wildman–Crippen LogP) is -1.30. The Labute approximate surface area is 101 Å². The zero-order valence-electron chi connectivity index (χ0n) is 10.2. The molecule has 0 radical (unpaired) electrons. The second kappa shape index (κ2) is 7.24. The molecular formula is C11H21N3O3. The minimum absolute atomic E-state index is 0.0445. The van der Waals surface area contributed by atoms with E-state index in [2.05, 4.69) is 10.6 Å². The molecule has 1 atom stereocenters. The van der Waals surface area contributed by atoms with Crippen LogP contribution in [0.1, 0.15) is 19.8 Å². The number of carbonyl (C=O) groups excluding carboxylic acids is 2. The van der Waals surface area contributed by atoms with Crippen molar-refractivity contribution in [1.82, 2.24) is 15.5 Å². The van der Waals surface area contributed by atoms with E-state index in [1.807, 2.05) is 0 Å². The number of nitrogens with one attached hydrogen (secondary N) is 2. The van der Waals surface area contributed by atoms with Crippen LogP contribution < -0.4 is 10.6 Å². The minimum atomic E-state index is -0.482. The van der Waals surface area contributed by atoms with Gasteiger partial charge in [-0.1, -0.05) is 0 Å². The van der Waals surface area contributed by atoms with Crippen LogP contribution in [-0.2, 0) is 9.59 Å². The molecule has 2 amide bonds. The topological polar surface area (TPSA) is 81.7 Å². The van der Waals surface area contributed by atoms with E-state index in [4.69, 9.17) is 5.11 Å². The summed E-state index contributed by atoms with van der Waals surface area (Å²) in [6, 6.07) is 0. The van der Waals surface area contributed by atoms with Gasteiger partial charge >= 0.3 is 0 Å². The van der Waals surface area contributed by atoms with Gasteiger partial charge in [0, 0.05) is 32.6 Å². The Morgan fingerprint density at radius 3 is 2.65 bits per heavy atom. The number of aliphatic hydroxyl groups is 1. The summed E-state index contributed by atoms with van der Waals surface area (Å²) in [6.45, 7) is 4.70. The molecule has 0 spiro atoms. The zero-order chi connectivity index (χ0) is 12.7. The molecule has 1 rings (SSSR count). The van der Waals surface area contributed by atoms with Crippen LogP contribution in [0.5, 0.6) is 0 Å². The summed E-state index contributed by atoms with van der Waals surface area (Å²) in [5, 5.41) is 14.8. The summed E-state index contributed by atoms with van der Waals surface area (Å²) < 4.78 is 0. The van der Waals surface area contributed by atoms with Gasteiger partial charge in [-0.15, -0.1) is 0 Å². The Bertz CT molecular complexity index is 263. The highest BCUT2D eigenvalue weighted by Gasteiger charge is 2.16. The second-order valence-corrected chi connectivity index (χ2v) is 4.30. The Morgan fingerprint density at radius 1 is 1.41 bits per heavy atom. The van der Waals surface area contributed by atoms with Gasteiger partial charge in [0.05, 0.1) is 12.6 Å². The summed E-state index contributed by atoms with van der Waals surface area (Å²) in [5.74, 6) is -0.230. The van der Waals surface area contributed by atoms with Gasteiger partial charge in [0.15, 0.2) is 0 Å². The van der Waals surface area contributed by atoms with E-state index in [1.54, 1.807) is 11.8 Å². The molecule has 98 valence electrons. The van der Waals surface area contributed by atoms with Gasteiger partial charge in [0.25, 0.3) is 0 Å². The van der Waals surface area contributed by atoms with E-state index in [1.165, 1.54) is 0 Å². The zero-order valence-corrected chi connectivity index (χ0v) is 10.2. The highest BCUT2D eigenvalue weighted by Crippen LogP contribution is 1.96. The molecule has 0 aromatic rings. The number of amides is 2. The van der Waals surface area contributed by atoms with E-state index >= 15 is 0 Å². The average Bonchev–Trinajstić information content (AvgIpc) is 2.34. The molecule has 0 bridgehead atoms. The summed E-state index contributed by atoms with van der Waals surface area (Å²) in [5.41, 5.74) is 0. The van der Waals surface area contributed by atoms with Gasteiger partial charge in [-0.05, 0) is 13.3 Å². The van der Waals surface area contributed by atoms with Crippen molar-refractivity contribution in [2.75, 3.05) is 32.7 Å². The molecule has 1 saturated heterocycles. The maximum absolute atomic E-state index is 11.7. The normalized spacial score (nSPS) is 17.6. The third-order valence-electron chi connectivity index (χ3n) is 2.70. The van der Waals surface area contributed by atoms with Crippen LogP contribution in [0.4, 0.5) is 0 Å². The molecular weight excluding hydrogens is 222 g/mol. The van der Waals surface area contributed by atoms with Crippen molar-refractivity contribution in [1.29, 1.82) is 0 Å². The van der Waals surface area contributed by atoms with Gasteiger partial charge in [0.2, 0.25) is 11.8 Å². The van der Waals surface area contributed by atoms with Crippen molar-refractivity contribution in [3.05, 3.63) is 0 Å². The maximum Gasteiger partial charge on any atom is 0.242 e. The van der Waals surface area contributed by atoms with Gasteiger partial charge in [-0.3, -0.25) is 9.59 Å². The summed E-state index contributed by atoms with van der Waals surface area (Å²) in [4.78, 5) is 24.7. The van der Waals surface area contributed by atoms with Crippen molar-refractivity contribution in [2.45, 2.75) is 25.9 Å². The minimum Gasteiger partial charge on any atom is -0.393 e. The third-order valence-corrected chi connectivity index (χ3v) is 2.70. The van der Waals surface area contributed by atoms with Crippen LogP contribution in [0.25, 0.3) is 0 Å². The smallest absolute Gasteiger partial charge is 0.242 e. The fourth-order valence-corrected chi connectivity index (χ4v) is 1.63. The van der Waals surface area contributed by atoms with Gasteiger partial charge in [0.1, 0.15) is 0 Å². The Kier molecular flexibility index (Phi) is 5.93. The van der Waals surface area contributed by atoms with E-state index in [0.717, 1.165) is 13.1 Å². The first-order chi connectivity index (χ1) is 8.09. The number of hydrogen-bond donors (Lipinski definition) is 3. The number of piperazine rings is 1. The van der Waals surface area contributed by atoms with E-state index in [0.29, 0.717) is 19.5 Å². The van der Waals surface area contributed by atoms with Crippen LogP contribution in [0, 0.1) is 0 Å². The lowest BCUT2D eigenvalue weighted by atomic mass is 10.2. The highest BCUT2D eigenvalue weighted by atomic mass is 16.3. The van der Waals surface area contributed by atoms with Gasteiger partial charge < -0.3 is 20.6 Å². The molecule has 17 heavy (non-hydrogen) atoms. The second-order valence-electron chi connectivity index (χ2n) is 4.30. The fraction of sp³-hybridized carbons (Fsp3) is 0.818. The number of rotatable bonds is 5. The Hall–Kier alpha value is -1.14. The molecule has 6 heteroatoms. The van der Waals surface area contributed by atoms with Crippen molar-refractivity contribution in [3.63, 3.8) is 0 Å². The Balaban J connectivity index is 2.16. The third kappa shape index (κ3) is 5.65. The summed E-state index contributed by atoms with van der Waals surface area (Å²) in [7, 11) is 0. The van der Waals surface area contributed by atoms with Gasteiger partial charge in [-0.25, -0.2) is 0 Å². The number of nitrogens with zero attached hydrogens (tertiary/aromatic N) is 1. The van der Waals surface area contributed by atoms with Crippen molar-refractivity contribution in [3.8, 4) is 0 Å². The number of aliphatic hydroxyl groups excluding tert-OH is 1. The first kappa shape index (κ1) is 13.9. The predicted molar refractivity (Wildman–Crippen MR) is 63.4 cm³/mol. The number of carbonyl (C=O) groups is 2. The lowest BCUT2D eigenvalue weighted by molar-refractivity contribution is -0.133. The van der Waals surface area contributed by atoms with Crippen molar-refractivity contribution >= 4 is 11.8 Å². The monoisotopic (exact) mass is 243 g/mol. The molecule has 1 aliphatic rings. The molecule has 3 N–H and O–H groups in total. The Morgan fingerprint density at radius 2 is 2.06 bits per heavy atom. The first-order valence-electron chi connectivity index (χ1n) is 6.03. The molecule has 1 unspecified atom stereocenters. The molecule has 6 nitrogen and oxygen atoms in total. The number of hydrogen-bond acceptors (Lipinski definition) is 4. The molecule has 1 fully saturated rings.